The zero-order valence-electron chi connectivity index (χ0n) is 5.51. The van der Waals surface area contributed by atoms with Crippen LogP contribution < -0.4 is 0 Å². The number of hydrogen-bond acceptors (Lipinski definition) is 2. The molecule has 0 unspecified atom stereocenters. The van der Waals surface area contributed by atoms with Crippen LogP contribution in [0.5, 0.6) is 0 Å². The van der Waals surface area contributed by atoms with Gasteiger partial charge in [0.25, 0.3) is 0 Å². The summed E-state index contributed by atoms with van der Waals surface area (Å²) in [5.74, 6) is 0. The first kappa shape index (κ1) is 7.21. The average Bonchev–Trinajstić information content (AvgIpc) is 1.67. The van der Waals surface area contributed by atoms with Gasteiger partial charge in [0, 0.05) is 19.8 Å². The van der Waals surface area contributed by atoms with Crippen molar-refractivity contribution in [2.75, 3.05) is 14.1 Å². The van der Waals surface area contributed by atoms with Gasteiger partial charge >= 0.3 is 0 Å². The lowest BCUT2D eigenvalue weighted by atomic mass is 10.4. The first-order chi connectivity index (χ1) is 3.68. The van der Waals surface area contributed by atoms with Gasteiger partial charge in [-0.15, -0.1) is 0 Å². The van der Waals surface area contributed by atoms with Crippen LogP contribution in [0.25, 0.3) is 0 Å². The zero-order chi connectivity index (χ0) is 6.57. The van der Waals surface area contributed by atoms with E-state index < -0.39 is 0 Å². The fourth-order valence-corrected chi connectivity index (χ4v) is 0.248. The van der Waals surface area contributed by atoms with Crippen LogP contribution in [0, 0.1) is 0 Å². The highest BCUT2D eigenvalue weighted by Crippen LogP contribution is 1.91. The minimum atomic E-state index is 0.787. The quantitative estimate of drug-likeness (QED) is 0.387. The Morgan fingerprint density at radius 2 is 2.00 bits per heavy atom. The Labute approximate surface area is 49.8 Å². The predicted molar refractivity (Wildman–Crippen MR) is 33.5 cm³/mol. The number of rotatable bonds is 2. The van der Waals surface area contributed by atoms with Gasteiger partial charge in [0.05, 0.1) is 0 Å². The topological polar surface area (TPSA) is 20.3 Å². The van der Waals surface area contributed by atoms with E-state index in [0.29, 0.717) is 0 Å². The summed E-state index contributed by atoms with van der Waals surface area (Å²) in [6.45, 7) is 1.88. The molecule has 0 saturated heterocycles. The molecule has 0 amide bonds. The summed E-state index contributed by atoms with van der Waals surface area (Å²) in [7, 11) is 3.80. The molecule has 0 N–H and O–H groups in total. The Morgan fingerprint density at radius 3 is 2.12 bits per heavy atom. The maximum Gasteiger partial charge on any atom is 0.144 e. The van der Waals surface area contributed by atoms with E-state index in [0.717, 1.165) is 12.0 Å². The van der Waals surface area contributed by atoms with Crippen molar-refractivity contribution in [2.45, 2.75) is 6.92 Å². The fourth-order valence-electron chi connectivity index (χ4n) is 0.248. The molecule has 0 atom stereocenters. The van der Waals surface area contributed by atoms with Gasteiger partial charge in [-0.25, -0.2) is 0 Å². The molecule has 2 nitrogen and oxygen atoms in total. The monoisotopic (exact) mass is 113 g/mol. The van der Waals surface area contributed by atoms with E-state index >= 15 is 0 Å². The Bertz CT molecular complexity index is 105. The summed E-state index contributed by atoms with van der Waals surface area (Å²) in [5.41, 5.74) is 0.972. The van der Waals surface area contributed by atoms with Crippen LogP contribution >= 0.6 is 0 Å². The fraction of sp³-hybridized carbons (Fsp3) is 0.500. The number of carbonyl (C=O) groups is 1. The summed E-state index contributed by atoms with van der Waals surface area (Å²) in [6, 6.07) is 0. The van der Waals surface area contributed by atoms with Gasteiger partial charge in [-0.1, -0.05) is 0 Å². The molecule has 0 aliphatic rings. The Balaban J connectivity index is 3.78. The summed E-state index contributed by atoms with van der Waals surface area (Å²) in [4.78, 5) is 11.7. The lowest BCUT2D eigenvalue weighted by molar-refractivity contribution is -0.104. The number of allylic oxidation sites excluding steroid dienone is 2. The van der Waals surface area contributed by atoms with Crippen molar-refractivity contribution in [1.82, 2.24) is 4.90 Å². The van der Waals surface area contributed by atoms with Crippen molar-refractivity contribution >= 4 is 6.29 Å². The molecule has 0 heterocycles. The molecular weight excluding hydrogens is 102 g/mol. The molecule has 0 aliphatic heterocycles. The van der Waals surface area contributed by atoms with Crippen molar-refractivity contribution in [2.24, 2.45) is 0 Å². The first-order valence-corrected chi connectivity index (χ1v) is 2.48. The van der Waals surface area contributed by atoms with E-state index in [9.17, 15) is 4.79 Å². The highest BCUT2D eigenvalue weighted by molar-refractivity contribution is 5.65. The second kappa shape index (κ2) is 3.24. The van der Waals surface area contributed by atoms with E-state index in [4.69, 9.17) is 0 Å². The maximum absolute atomic E-state index is 9.82. The summed E-state index contributed by atoms with van der Waals surface area (Å²) < 4.78 is 0. The Hall–Kier alpha value is -0.790. The van der Waals surface area contributed by atoms with Gasteiger partial charge in [0.15, 0.2) is 0 Å². The molecule has 0 fully saturated rings. The average molecular weight is 113 g/mol. The second-order valence-corrected chi connectivity index (χ2v) is 1.84. The van der Waals surface area contributed by atoms with E-state index in [1.54, 1.807) is 0 Å². The molecule has 0 spiro atoms. The standard InChI is InChI=1S/C6H11NO/c1-6(4-5-8)7(2)3/h4-5H,1-3H3/b6-4+. The third-order valence-corrected chi connectivity index (χ3v) is 1.01. The van der Waals surface area contributed by atoms with Crippen molar-refractivity contribution in [1.29, 1.82) is 0 Å². The Kier molecular flexibility index (Phi) is 2.92. The van der Waals surface area contributed by atoms with E-state index in [-0.39, 0.29) is 0 Å². The third-order valence-electron chi connectivity index (χ3n) is 1.01. The minimum absolute atomic E-state index is 0.787. The summed E-state index contributed by atoms with van der Waals surface area (Å²) >= 11 is 0. The normalized spacial score (nSPS) is 11.1. The lowest BCUT2D eigenvalue weighted by Crippen LogP contribution is -2.07. The molecule has 0 saturated carbocycles. The van der Waals surface area contributed by atoms with Gasteiger partial charge in [0.1, 0.15) is 6.29 Å². The van der Waals surface area contributed by atoms with E-state index in [1.165, 1.54) is 6.08 Å². The van der Waals surface area contributed by atoms with Crippen molar-refractivity contribution in [3.63, 3.8) is 0 Å². The third kappa shape index (κ3) is 2.39. The van der Waals surface area contributed by atoms with Gasteiger partial charge in [-0.05, 0) is 13.0 Å². The predicted octanol–water partition coefficient (Wildman–Crippen LogP) is 0.651. The van der Waals surface area contributed by atoms with Crippen LogP contribution in [0.1, 0.15) is 6.92 Å². The smallest absolute Gasteiger partial charge is 0.144 e. The van der Waals surface area contributed by atoms with E-state index in [2.05, 4.69) is 0 Å². The number of hydrogen-bond donors (Lipinski definition) is 0. The molecule has 0 aromatic heterocycles. The highest BCUT2D eigenvalue weighted by Gasteiger charge is 1.85. The van der Waals surface area contributed by atoms with Gasteiger partial charge in [0.2, 0.25) is 0 Å². The minimum Gasteiger partial charge on any atom is -0.381 e. The van der Waals surface area contributed by atoms with Crippen molar-refractivity contribution < 1.29 is 4.79 Å². The first-order valence-electron chi connectivity index (χ1n) is 2.48. The van der Waals surface area contributed by atoms with Crippen LogP contribution in [-0.2, 0) is 4.79 Å². The molecule has 0 aromatic rings. The highest BCUT2D eigenvalue weighted by atomic mass is 16.1. The SMILES string of the molecule is C/C(=C\C=O)N(C)C. The summed E-state index contributed by atoms with van der Waals surface area (Å²) in [5, 5.41) is 0. The van der Waals surface area contributed by atoms with Crippen LogP contribution in [-0.4, -0.2) is 25.3 Å². The molecule has 8 heavy (non-hydrogen) atoms. The van der Waals surface area contributed by atoms with E-state index in [1.807, 2.05) is 25.9 Å². The van der Waals surface area contributed by atoms with Gasteiger partial charge in [-0.2, -0.15) is 0 Å². The zero-order valence-corrected chi connectivity index (χ0v) is 5.51. The molecule has 0 aliphatic carbocycles. The maximum atomic E-state index is 9.82. The number of aldehydes is 1. The van der Waals surface area contributed by atoms with Crippen LogP contribution in [0.2, 0.25) is 0 Å². The van der Waals surface area contributed by atoms with Crippen LogP contribution in [0.15, 0.2) is 11.8 Å². The van der Waals surface area contributed by atoms with Gasteiger partial charge < -0.3 is 4.90 Å². The Morgan fingerprint density at radius 1 is 1.50 bits per heavy atom. The largest absolute Gasteiger partial charge is 0.381 e. The van der Waals surface area contributed by atoms with Crippen LogP contribution in [0.4, 0.5) is 0 Å². The van der Waals surface area contributed by atoms with Gasteiger partial charge in [-0.3, -0.25) is 4.79 Å². The molecule has 0 rings (SSSR count). The molecule has 0 aromatic carbocycles. The number of nitrogens with zero attached hydrogens (tertiary/aromatic N) is 1. The van der Waals surface area contributed by atoms with Crippen molar-refractivity contribution in [3.05, 3.63) is 11.8 Å². The molecule has 46 valence electrons. The van der Waals surface area contributed by atoms with Crippen LogP contribution in [0.3, 0.4) is 0 Å². The number of carbonyl (C=O) groups excluding carboxylic acids is 1. The lowest BCUT2D eigenvalue weighted by Gasteiger charge is -2.09. The van der Waals surface area contributed by atoms with Crippen molar-refractivity contribution in [3.8, 4) is 0 Å². The molecule has 2 heteroatoms. The molecule has 0 bridgehead atoms. The molecule has 0 radical (unpaired) electrons. The summed E-state index contributed by atoms with van der Waals surface area (Å²) in [6.07, 6.45) is 2.31. The second-order valence-electron chi connectivity index (χ2n) is 1.84. The molecular formula is C6H11NO.